The Bertz CT molecular complexity index is 1030. The summed E-state index contributed by atoms with van der Waals surface area (Å²) in [6.07, 6.45) is -4.59. The van der Waals surface area contributed by atoms with Gasteiger partial charge in [-0.2, -0.15) is 13.2 Å². The number of carboxylic acids is 1. The highest BCUT2D eigenvalue weighted by molar-refractivity contribution is 6.31. The largest absolute Gasteiger partial charge is 0.497 e. The van der Waals surface area contributed by atoms with Crippen molar-refractivity contribution in [2.24, 2.45) is 0 Å². The zero-order valence-electron chi connectivity index (χ0n) is 15.3. The molecular formula is C21H17ClF3NO3. The SMILES string of the molecule is COc1ccc(-c2ccc(CCC(=O)O)n2-c2ccc(Cl)c(C(F)(F)F)c2)cc1. The van der Waals surface area contributed by atoms with Gasteiger partial charge in [-0.3, -0.25) is 4.79 Å². The van der Waals surface area contributed by atoms with E-state index in [1.54, 1.807) is 41.0 Å². The molecule has 2 aromatic carbocycles. The topological polar surface area (TPSA) is 51.5 Å². The number of halogens is 4. The van der Waals surface area contributed by atoms with Crippen LogP contribution in [0.1, 0.15) is 17.7 Å². The first-order valence-electron chi connectivity index (χ1n) is 8.64. The van der Waals surface area contributed by atoms with Crippen molar-refractivity contribution in [1.82, 2.24) is 4.57 Å². The van der Waals surface area contributed by atoms with Gasteiger partial charge in [0.25, 0.3) is 0 Å². The molecule has 1 heterocycles. The summed E-state index contributed by atoms with van der Waals surface area (Å²) in [7, 11) is 1.54. The van der Waals surface area contributed by atoms with Gasteiger partial charge >= 0.3 is 12.1 Å². The second-order valence-electron chi connectivity index (χ2n) is 6.33. The number of aliphatic carboxylic acids is 1. The van der Waals surface area contributed by atoms with E-state index < -0.39 is 22.7 Å². The number of carboxylic acid groups (broad SMARTS) is 1. The van der Waals surface area contributed by atoms with Crippen LogP contribution in [0.25, 0.3) is 16.9 Å². The van der Waals surface area contributed by atoms with E-state index in [2.05, 4.69) is 0 Å². The predicted molar refractivity (Wildman–Crippen MR) is 104 cm³/mol. The normalized spacial score (nSPS) is 11.5. The molecular weight excluding hydrogens is 407 g/mol. The number of rotatable bonds is 6. The molecule has 8 heteroatoms. The molecule has 0 unspecified atom stereocenters. The Morgan fingerprint density at radius 2 is 1.79 bits per heavy atom. The maximum atomic E-state index is 13.3. The van der Waals surface area contributed by atoms with Gasteiger partial charge in [-0.25, -0.2) is 0 Å². The van der Waals surface area contributed by atoms with Crippen molar-refractivity contribution in [1.29, 1.82) is 0 Å². The van der Waals surface area contributed by atoms with Crippen molar-refractivity contribution >= 4 is 17.6 Å². The van der Waals surface area contributed by atoms with Crippen LogP contribution in [0.4, 0.5) is 13.2 Å². The molecule has 0 bridgehead atoms. The lowest BCUT2D eigenvalue weighted by Gasteiger charge is -2.17. The van der Waals surface area contributed by atoms with Gasteiger partial charge in [-0.1, -0.05) is 11.6 Å². The second-order valence-corrected chi connectivity index (χ2v) is 6.74. The van der Waals surface area contributed by atoms with Gasteiger partial charge < -0.3 is 14.4 Å². The molecule has 1 aromatic heterocycles. The summed E-state index contributed by atoms with van der Waals surface area (Å²) in [6.45, 7) is 0. The van der Waals surface area contributed by atoms with Crippen molar-refractivity contribution in [3.8, 4) is 22.7 Å². The van der Waals surface area contributed by atoms with E-state index in [4.69, 9.17) is 21.4 Å². The maximum absolute atomic E-state index is 13.3. The highest BCUT2D eigenvalue weighted by Gasteiger charge is 2.33. The van der Waals surface area contributed by atoms with Crippen molar-refractivity contribution in [2.45, 2.75) is 19.0 Å². The Labute approximate surface area is 170 Å². The van der Waals surface area contributed by atoms with Crippen molar-refractivity contribution < 1.29 is 27.8 Å². The minimum atomic E-state index is -4.61. The van der Waals surface area contributed by atoms with Crippen LogP contribution in [-0.4, -0.2) is 22.8 Å². The van der Waals surface area contributed by atoms with Gasteiger partial charge in [0, 0.05) is 11.4 Å². The van der Waals surface area contributed by atoms with E-state index in [1.165, 1.54) is 19.2 Å². The fraction of sp³-hybridized carbons (Fsp3) is 0.190. The Kier molecular flexibility index (Phi) is 5.88. The third-order valence-electron chi connectivity index (χ3n) is 4.46. The monoisotopic (exact) mass is 423 g/mol. The number of nitrogens with zero attached hydrogens (tertiary/aromatic N) is 1. The summed E-state index contributed by atoms with van der Waals surface area (Å²) in [4.78, 5) is 11.0. The number of aryl methyl sites for hydroxylation is 1. The van der Waals surface area contributed by atoms with Crippen LogP contribution in [0.5, 0.6) is 5.75 Å². The first-order valence-corrected chi connectivity index (χ1v) is 9.02. The first kappa shape index (κ1) is 20.8. The standard InChI is InChI=1S/C21H17ClF3NO3/c1-29-16-7-2-13(3-8-16)19-10-5-14(6-11-20(27)28)26(19)15-4-9-18(22)17(12-15)21(23,24)25/h2-5,7-10,12H,6,11H2,1H3,(H,27,28). The number of alkyl halides is 3. The smallest absolute Gasteiger partial charge is 0.417 e. The minimum absolute atomic E-state index is 0.147. The zero-order chi connectivity index (χ0) is 21.2. The number of methoxy groups -OCH3 is 1. The third kappa shape index (κ3) is 4.56. The number of hydrogen-bond donors (Lipinski definition) is 1. The van der Waals surface area contributed by atoms with Gasteiger partial charge in [0.2, 0.25) is 0 Å². The predicted octanol–water partition coefficient (Wildman–Crippen LogP) is 5.84. The average Bonchev–Trinajstić information content (AvgIpc) is 3.10. The van der Waals surface area contributed by atoms with Crippen LogP contribution in [0, 0.1) is 0 Å². The summed E-state index contributed by atoms with van der Waals surface area (Å²) in [6, 6.07) is 14.2. The fourth-order valence-electron chi connectivity index (χ4n) is 3.07. The Balaban J connectivity index is 2.16. The van der Waals surface area contributed by atoms with Gasteiger partial charge in [0.1, 0.15) is 5.75 Å². The van der Waals surface area contributed by atoms with Crippen LogP contribution in [0.15, 0.2) is 54.6 Å². The fourth-order valence-corrected chi connectivity index (χ4v) is 3.30. The van der Waals surface area contributed by atoms with Crippen molar-refractivity contribution in [3.63, 3.8) is 0 Å². The summed E-state index contributed by atoms with van der Waals surface area (Å²) < 4.78 is 46.8. The molecule has 29 heavy (non-hydrogen) atoms. The molecule has 0 saturated carbocycles. The summed E-state index contributed by atoms with van der Waals surface area (Å²) in [5, 5.41) is 8.62. The van der Waals surface area contributed by atoms with E-state index in [0.717, 1.165) is 11.6 Å². The maximum Gasteiger partial charge on any atom is 0.417 e. The minimum Gasteiger partial charge on any atom is -0.497 e. The molecule has 0 aliphatic rings. The summed E-state index contributed by atoms with van der Waals surface area (Å²) >= 11 is 5.75. The highest BCUT2D eigenvalue weighted by Crippen LogP contribution is 2.37. The molecule has 0 spiro atoms. The first-order chi connectivity index (χ1) is 13.7. The Morgan fingerprint density at radius 3 is 2.38 bits per heavy atom. The van der Waals surface area contributed by atoms with E-state index in [1.807, 2.05) is 0 Å². The molecule has 0 atom stereocenters. The highest BCUT2D eigenvalue weighted by atomic mass is 35.5. The molecule has 0 aliphatic carbocycles. The molecule has 3 rings (SSSR count). The van der Waals surface area contributed by atoms with E-state index in [0.29, 0.717) is 17.1 Å². The molecule has 0 amide bonds. The van der Waals surface area contributed by atoms with E-state index in [-0.39, 0.29) is 18.5 Å². The lowest BCUT2D eigenvalue weighted by atomic mass is 10.1. The average molecular weight is 424 g/mol. The van der Waals surface area contributed by atoms with Gasteiger partial charge in [-0.15, -0.1) is 0 Å². The third-order valence-corrected chi connectivity index (χ3v) is 4.79. The number of ether oxygens (including phenoxy) is 1. The van der Waals surface area contributed by atoms with Crippen molar-refractivity contribution in [3.05, 3.63) is 70.9 Å². The molecule has 4 nitrogen and oxygen atoms in total. The quantitative estimate of drug-likeness (QED) is 0.541. The number of carbonyl (C=O) groups is 1. The Morgan fingerprint density at radius 1 is 1.10 bits per heavy atom. The van der Waals surface area contributed by atoms with Gasteiger partial charge in [-0.05, 0) is 66.6 Å². The molecule has 152 valence electrons. The molecule has 0 aliphatic heterocycles. The Hall–Kier alpha value is -2.93. The second kappa shape index (κ2) is 8.21. The lowest BCUT2D eigenvalue weighted by molar-refractivity contribution is -0.138. The number of benzene rings is 2. The molecule has 0 saturated heterocycles. The molecule has 0 fully saturated rings. The molecule has 0 radical (unpaired) electrons. The number of aromatic nitrogens is 1. The lowest BCUT2D eigenvalue weighted by Crippen LogP contribution is -2.09. The van der Waals surface area contributed by atoms with Crippen LogP contribution in [0.3, 0.4) is 0 Å². The van der Waals surface area contributed by atoms with Crippen molar-refractivity contribution in [2.75, 3.05) is 7.11 Å². The summed E-state index contributed by atoms with van der Waals surface area (Å²) in [5.41, 5.74) is 1.25. The van der Waals surface area contributed by atoms with Crippen LogP contribution >= 0.6 is 11.6 Å². The van der Waals surface area contributed by atoms with Crippen LogP contribution in [-0.2, 0) is 17.4 Å². The number of hydrogen-bond acceptors (Lipinski definition) is 2. The van der Waals surface area contributed by atoms with Crippen LogP contribution < -0.4 is 4.74 Å². The summed E-state index contributed by atoms with van der Waals surface area (Å²) in [5.74, 6) is -0.348. The van der Waals surface area contributed by atoms with Crippen LogP contribution in [0.2, 0.25) is 5.02 Å². The van der Waals surface area contributed by atoms with Gasteiger partial charge in [0.15, 0.2) is 0 Å². The molecule has 3 aromatic rings. The van der Waals surface area contributed by atoms with E-state index in [9.17, 15) is 18.0 Å². The van der Waals surface area contributed by atoms with E-state index >= 15 is 0 Å². The molecule has 1 N–H and O–H groups in total. The zero-order valence-corrected chi connectivity index (χ0v) is 16.1. The van der Waals surface area contributed by atoms with Gasteiger partial charge in [0.05, 0.1) is 29.8 Å².